The Balaban J connectivity index is 2.62. The Kier molecular flexibility index (Phi) is 3.03. The molecule has 0 saturated carbocycles. The maximum atomic E-state index is 13.5. The van der Waals surface area contributed by atoms with E-state index in [1.165, 1.54) is 12.1 Å². The molecule has 1 atom stereocenters. The van der Waals surface area contributed by atoms with Gasteiger partial charge in [-0.3, -0.25) is 4.79 Å². The Morgan fingerprint density at radius 1 is 1.53 bits per heavy atom. The second-order valence-electron chi connectivity index (χ2n) is 3.66. The molecule has 15 heavy (non-hydrogen) atoms. The fraction of sp³-hybridized carbons (Fsp3) is 0.364. The summed E-state index contributed by atoms with van der Waals surface area (Å²) >= 11 is 7.52. The van der Waals surface area contributed by atoms with E-state index in [-0.39, 0.29) is 17.5 Å². The zero-order chi connectivity index (χ0) is 11.0. The van der Waals surface area contributed by atoms with Gasteiger partial charge in [-0.05, 0) is 12.1 Å². The van der Waals surface area contributed by atoms with Crippen molar-refractivity contribution < 1.29 is 9.18 Å². The lowest BCUT2D eigenvalue weighted by Crippen LogP contribution is -2.13. The fourth-order valence-corrected chi connectivity index (χ4v) is 3.04. The Hall–Kier alpha value is -0.540. The number of ketones is 1. The first-order valence-corrected chi connectivity index (χ1v) is 6.23. The number of hydrogen-bond donors (Lipinski definition) is 0. The summed E-state index contributed by atoms with van der Waals surface area (Å²) in [6.45, 7) is 1.85. The van der Waals surface area contributed by atoms with Crippen molar-refractivity contribution in [2.45, 2.75) is 12.7 Å². The summed E-state index contributed by atoms with van der Waals surface area (Å²) in [6.07, 6.45) is 0. The predicted octanol–water partition coefficient (Wildman–Crippen LogP) is 3.54. The molecule has 4 heteroatoms. The van der Waals surface area contributed by atoms with Gasteiger partial charge in [0, 0.05) is 28.6 Å². The van der Waals surface area contributed by atoms with E-state index >= 15 is 0 Å². The van der Waals surface area contributed by atoms with Crippen LogP contribution < -0.4 is 0 Å². The minimum atomic E-state index is -0.329. The van der Waals surface area contributed by atoms with Crippen LogP contribution >= 0.6 is 23.4 Å². The average molecular weight is 245 g/mol. The van der Waals surface area contributed by atoms with E-state index in [1.807, 2.05) is 6.92 Å². The highest BCUT2D eigenvalue weighted by Gasteiger charge is 2.26. The minimum absolute atomic E-state index is 0.0421. The maximum absolute atomic E-state index is 13.5. The molecule has 1 aliphatic rings. The van der Waals surface area contributed by atoms with Gasteiger partial charge in [0.05, 0.1) is 5.02 Å². The third-order valence-electron chi connectivity index (χ3n) is 2.51. The standard InChI is InChI=1S/C11H10ClFOS/c1-6-4-15-5-7-9(13)3-2-8(12)10(7)11(6)14/h2-3,6H,4-5H2,1H3. The molecule has 0 aliphatic carbocycles. The summed E-state index contributed by atoms with van der Waals surface area (Å²) in [5.74, 6) is 0.792. The van der Waals surface area contributed by atoms with Gasteiger partial charge in [-0.1, -0.05) is 18.5 Å². The molecule has 0 aromatic heterocycles. The maximum Gasteiger partial charge on any atom is 0.168 e. The first-order valence-electron chi connectivity index (χ1n) is 4.70. The number of rotatable bonds is 0. The zero-order valence-electron chi connectivity index (χ0n) is 8.22. The molecule has 0 saturated heterocycles. The Morgan fingerprint density at radius 2 is 2.27 bits per heavy atom. The van der Waals surface area contributed by atoms with E-state index in [1.54, 1.807) is 11.8 Å². The van der Waals surface area contributed by atoms with Gasteiger partial charge < -0.3 is 0 Å². The Morgan fingerprint density at radius 3 is 3.00 bits per heavy atom. The highest BCUT2D eigenvalue weighted by molar-refractivity contribution is 7.98. The molecule has 1 aromatic carbocycles. The fourth-order valence-electron chi connectivity index (χ4n) is 1.66. The van der Waals surface area contributed by atoms with E-state index in [4.69, 9.17) is 11.6 Å². The number of halogens is 2. The Labute approximate surface area is 97.0 Å². The van der Waals surface area contributed by atoms with Gasteiger partial charge in [-0.2, -0.15) is 11.8 Å². The lowest BCUT2D eigenvalue weighted by molar-refractivity contribution is 0.0942. The molecule has 1 unspecified atom stereocenters. The van der Waals surface area contributed by atoms with E-state index in [0.29, 0.717) is 21.9 Å². The van der Waals surface area contributed by atoms with Crippen molar-refractivity contribution in [3.8, 4) is 0 Å². The highest BCUT2D eigenvalue weighted by Crippen LogP contribution is 2.32. The van der Waals surface area contributed by atoms with E-state index < -0.39 is 0 Å². The lowest BCUT2D eigenvalue weighted by atomic mass is 9.97. The van der Waals surface area contributed by atoms with Crippen LogP contribution in [0.1, 0.15) is 22.8 Å². The zero-order valence-corrected chi connectivity index (χ0v) is 9.79. The largest absolute Gasteiger partial charge is 0.294 e. The van der Waals surface area contributed by atoms with Crippen LogP contribution in [0.2, 0.25) is 5.02 Å². The first kappa shape index (κ1) is 11.0. The third kappa shape index (κ3) is 1.91. The Bertz CT molecular complexity index is 419. The monoisotopic (exact) mass is 244 g/mol. The summed E-state index contributed by atoms with van der Waals surface area (Å²) in [7, 11) is 0. The molecule has 80 valence electrons. The van der Waals surface area contributed by atoms with Crippen LogP contribution in [0.3, 0.4) is 0 Å². The van der Waals surface area contributed by atoms with Gasteiger partial charge in [-0.25, -0.2) is 4.39 Å². The van der Waals surface area contributed by atoms with Crippen molar-refractivity contribution in [2.75, 3.05) is 5.75 Å². The number of carbonyl (C=O) groups excluding carboxylic acids is 1. The van der Waals surface area contributed by atoms with Gasteiger partial charge in [0.25, 0.3) is 0 Å². The van der Waals surface area contributed by atoms with Crippen molar-refractivity contribution in [2.24, 2.45) is 5.92 Å². The van der Waals surface area contributed by atoms with E-state index in [9.17, 15) is 9.18 Å². The number of hydrogen-bond acceptors (Lipinski definition) is 2. The highest BCUT2D eigenvalue weighted by atomic mass is 35.5. The van der Waals surface area contributed by atoms with Crippen LogP contribution in [0.4, 0.5) is 4.39 Å². The molecule has 0 amide bonds. The second-order valence-corrected chi connectivity index (χ2v) is 5.10. The first-order chi connectivity index (χ1) is 7.11. The summed E-state index contributed by atoms with van der Waals surface area (Å²) in [6, 6.07) is 2.78. The summed E-state index contributed by atoms with van der Waals surface area (Å²) in [5, 5.41) is 0.366. The van der Waals surface area contributed by atoms with Crippen LogP contribution in [-0.4, -0.2) is 11.5 Å². The number of fused-ring (bicyclic) bond motifs is 1. The van der Waals surface area contributed by atoms with E-state index in [0.717, 1.165) is 5.75 Å². The molecule has 1 aliphatic heterocycles. The molecular formula is C11H10ClFOS. The van der Waals surface area contributed by atoms with Gasteiger partial charge >= 0.3 is 0 Å². The SMILES string of the molecule is CC1CSCc2c(F)ccc(Cl)c2C1=O. The van der Waals surface area contributed by atoms with Crippen molar-refractivity contribution in [3.63, 3.8) is 0 Å². The second kappa shape index (κ2) is 4.14. The van der Waals surface area contributed by atoms with Gasteiger partial charge in [-0.15, -0.1) is 0 Å². The molecule has 0 radical (unpaired) electrons. The van der Waals surface area contributed by atoms with Gasteiger partial charge in [0.1, 0.15) is 5.82 Å². The van der Waals surface area contributed by atoms with Crippen molar-refractivity contribution in [1.29, 1.82) is 0 Å². The molecule has 1 aromatic rings. The number of thioether (sulfide) groups is 1. The van der Waals surface area contributed by atoms with Gasteiger partial charge in [0.15, 0.2) is 5.78 Å². The normalized spacial score (nSPS) is 21.0. The molecule has 2 rings (SSSR count). The van der Waals surface area contributed by atoms with E-state index in [2.05, 4.69) is 0 Å². The average Bonchev–Trinajstić information content (AvgIpc) is 2.35. The van der Waals surface area contributed by atoms with Crippen LogP contribution in [0.25, 0.3) is 0 Å². The lowest BCUT2D eigenvalue weighted by Gasteiger charge is -2.09. The molecule has 0 spiro atoms. The topological polar surface area (TPSA) is 17.1 Å². The number of carbonyl (C=O) groups is 1. The smallest absolute Gasteiger partial charge is 0.168 e. The molecule has 0 fully saturated rings. The molecular weight excluding hydrogens is 235 g/mol. The third-order valence-corrected chi connectivity index (χ3v) is 4.06. The van der Waals surface area contributed by atoms with Gasteiger partial charge in [0.2, 0.25) is 0 Å². The van der Waals surface area contributed by atoms with Crippen LogP contribution in [-0.2, 0) is 5.75 Å². The summed E-state index contributed by atoms with van der Waals surface area (Å²) in [4.78, 5) is 11.9. The van der Waals surface area contributed by atoms with Crippen LogP contribution in [0.15, 0.2) is 12.1 Å². The summed E-state index contributed by atoms with van der Waals surface area (Å²) < 4.78 is 13.5. The minimum Gasteiger partial charge on any atom is -0.294 e. The van der Waals surface area contributed by atoms with Crippen LogP contribution in [0, 0.1) is 11.7 Å². The summed E-state index contributed by atoms with van der Waals surface area (Å²) in [5.41, 5.74) is 0.844. The number of benzene rings is 1. The molecule has 0 N–H and O–H groups in total. The molecule has 0 bridgehead atoms. The van der Waals surface area contributed by atoms with Crippen molar-refractivity contribution in [1.82, 2.24) is 0 Å². The van der Waals surface area contributed by atoms with Crippen molar-refractivity contribution >= 4 is 29.1 Å². The van der Waals surface area contributed by atoms with Crippen molar-refractivity contribution in [3.05, 3.63) is 34.1 Å². The quantitative estimate of drug-likeness (QED) is 0.694. The molecule has 1 heterocycles. The predicted molar refractivity (Wildman–Crippen MR) is 61.1 cm³/mol. The number of Topliss-reactive ketones (excluding diaryl/α,β-unsaturated/α-hetero) is 1. The molecule has 1 nitrogen and oxygen atoms in total. The van der Waals surface area contributed by atoms with Crippen LogP contribution in [0.5, 0.6) is 0 Å².